The number of piperazine rings is 1. The molecule has 3 aromatic rings. The number of hydrogen-bond acceptors (Lipinski definition) is 5. The van der Waals surface area contributed by atoms with E-state index in [-0.39, 0.29) is 47.7 Å². The Labute approximate surface area is 173 Å². The van der Waals surface area contributed by atoms with Gasteiger partial charge in [0.25, 0.3) is 5.91 Å². The zero-order chi connectivity index (χ0) is 20.6. The smallest absolute Gasteiger partial charge is 0.274 e. The van der Waals surface area contributed by atoms with Gasteiger partial charge in [-0.1, -0.05) is 23.7 Å². The number of aromatic amines is 1. The number of H-pyrrole nitrogens is 1. The van der Waals surface area contributed by atoms with Gasteiger partial charge in [0.15, 0.2) is 11.5 Å². The molecule has 29 heavy (non-hydrogen) atoms. The van der Waals surface area contributed by atoms with Gasteiger partial charge in [-0.3, -0.25) is 9.89 Å². The first-order chi connectivity index (χ1) is 13.9. The van der Waals surface area contributed by atoms with Crippen molar-refractivity contribution < 1.29 is 17.6 Å². The summed E-state index contributed by atoms with van der Waals surface area (Å²) in [4.78, 5) is 14.4. The summed E-state index contributed by atoms with van der Waals surface area (Å²) in [6.07, 6.45) is 0. The Morgan fingerprint density at radius 3 is 2.52 bits per heavy atom. The molecule has 2 aromatic heterocycles. The second-order valence-corrected chi connectivity index (χ2v) is 9.02. The summed E-state index contributed by atoms with van der Waals surface area (Å²) in [5.74, 6) is 1.11. The maximum absolute atomic E-state index is 12.8. The molecule has 1 N–H and O–H groups in total. The molecule has 0 atom stereocenters. The monoisotopic (exact) mass is 434 g/mol. The van der Waals surface area contributed by atoms with Gasteiger partial charge in [-0.15, -0.1) is 0 Å². The zero-order valence-electron chi connectivity index (χ0n) is 15.6. The van der Waals surface area contributed by atoms with Crippen molar-refractivity contribution in [3.05, 3.63) is 58.9 Å². The number of rotatable bonds is 4. The predicted octanol–water partition coefficient (Wildman–Crippen LogP) is 2.78. The number of benzene rings is 1. The molecule has 0 saturated carbocycles. The molecule has 4 rings (SSSR count). The van der Waals surface area contributed by atoms with E-state index in [9.17, 15) is 13.2 Å². The van der Waals surface area contributed by atoms with Crippen LogP contribution in [0.1, 0.15) is 16.2 Å². The minimum absolute atomic E-state index is 0.0760. The highest BCUT2D eigenvalue weighted by atomic mass is 35.5. The molecule has 1 aliphatic rings. The molecule has 1 aromatic carbocycles. The van der Waals surface area contributed by atoms with Gasteiger partial charge in [0.05, 0.1) is 5.02 Å². The number of nitrogens with one attached hydrogen (secondary N) is 1. The Morgan fingerprint density at radius 1 is 1.14 bits per heavy atom. The summed E-state index contributed by atoms with van der Waals surface area (Å²) < 4.78 is 32.5. The van der Waals surface area contributed by atoms with E-state index in [4.69, 9.17) is 16.0 Å². The van der Waals surface area contributed by atoms with E-state index in [1.54, 1.807) is 35.2 Å². The van der Waals surface area contributed by atoms with Crippen molar-refractivity contribution in [3.8, 4) is 11.5 Å². The van der Waals surface area contributed by atoms with Gasteiger partial charge in [-0.2, -0.15) is 9.40 Å². The number of carbonyl (C=O) groups excluding carboxylic acids is 1. The second-order valence-electron chi connectivity index (χ2n) is 6.70. The van der Waals surface area contributed by atoms with Crippen LogP contribution in [-0.2, 0) is 10.0 Å². The maximum atomic E-state index is 12.8. The van der Waals surface area contributed by atoms with Crippen LogP contribution in [0.5, 0.6) is 0 Å². The Bertz CT molecular complexity index is 1150. The summed E-state index contributed by atoms with van der Waals surface area (Å²) in [7, 11) is -3.71. The molecule has 0 spiro atoms. The number of hydrogen-bond donors (Lipinski definition) is 1. The van der Waals surface area contributed by atoms with Crippen LogP contribution in [0.15, 0.2) is 51.8 Å². The molecule has 1 fully saturated rings. The SMILES string of the molecule is Cc1ccc(-c2cc(C(=O)N3CCN(S(=O)(=O)c4ccccc4Cl)CC3)n[nH]2)o1. The van der Waals surface area contributed by atoms with Crippen molar-refractivity contribution in [1.29, 1.82) is 0 Å². The zero-order valence-corrected chi connectivity index (χ0v) is 17.2. The Hall–Kier alpha value is -2.62. The lowest BCUT2D eigenvalue weighted by atomic mass is 10.2. The summed E-state index contributed by atoms with van der Waals surface area (Å²) in [5.41, 5.74) is 0.873. The lowest BCUT2D eigenvalue weighted by Gasteiger charge is -2.33. The van der Waals surface area contributed by atoms with E-state index >= 15 is 0 Å². The molecule has 8 nitrogen and oxygen atoms in total. The third kappa shape index (κ3) is 3.81. The Balaban J connectivity index is 1.44. The van der Waals surface area contributed by atoms with Crippen molar-refractivity contribution in [1.82, 2.24) is 19.4 Å². The van der Waals surface area contributed by atoms with Crippen LogP contribution in [-0.4, -0.2) is 59.9 Å². The second kappa shape index (κ2) is 7.66. The van der Waals surface area contributed by atoms with Crippen LogP contribution in [0.4, 0.5) is 0 Å². The molecule has 3 heterocycles. The third-order valence-corrected chi connectivity index (χ3v) is 7.18. The molecule has 1 amide bonds. The van der Waals surface area contributed by atoms with E-state index < -0.39 is 10.0 Å². The fraction of sp³-hybridized carbons (Fsp3) is 0.263. The normalized spacial score (nSPS) is 15.6. The molecule has 0 aliphatic carbocycles. The number of halogens is 1. The molecule has 152 valence electrons. The molecule has 0 unspecified atom stereocenters. The van der Waals surface area contributed by atoms with E-state index in [1.807, 2.05) is 13.0 Å². The standard InChI is InChI=1S/C19H19ClN4O4S/c1-13-6-7-17(28-13)15-12-16(22-21-15)19(25)23-8-10-24(11-9-23)29(26,27)18-5-3-2-4-14(18)20/h2-7,12H,8-11H2,1H3,(H,21,22). The van der Waals surface area contributed by atoms with Crippen molar-refractivity contribution >= 4 is 27.5 Å². The summed E-state index contributed by atoms with van der Waals surface area (Å²) in [5, 5.41) is 7.07. The highest BCUT2D eigenvalue weighted by Crippen LogP contribution is 2.25. The number of sulfonamides is 1. The van der Waals surface area contributed by atoms with Crippen LogP contribution >= 0.6 is 11.6 Å². The van der Waals surface area contributed by atoms with Crippen LogP contribution in [0.25, 0.3) is 11.5 Å². The van der Waals surface area contributed by atoms with Gasteiger partial charge in [0, 0.05) is 32.2 Å². The first-order valence-corrected chi connectivity index (χ1v) is 10.8. The lowest BCUT2D eigenvalue weighted by molar-refractivity contribution is 0.0692. The summed E-state index contributed by atoms with van der Waals surface area (Å²) >= 11 is 6.05. The minimum atomic E-state index is -3.71. The third-order valence-electron chi connectivity index (χ3n) is 4.78. The Morgan fingerprint density at radius 2 is 1.86 bits per heavy atom. The number of nitrogens with zero attached hydrogens (tertiary/aromatic N) is 3. The van der Waals surface area contributed by atoms with Crippen LogP contribution in [0, 0.1) is 6.92 Å². The summed E-state index contributed by atoms with van der Waals surface area (Å²) in [6, 6.07) is 11.6. The molecule has 0 radical (unpaired) electrons. The van der Waals surface area contributed by atoms with E-state index in [0.717, 1.165) is 5.76 Å². The fourth-order valence-electron chi connectivity index (χ4n) is 3.22. The number of aromatic nitrogens is 2. The minimum Gasteiger partial charge on any atom is -0.460 e. The number of furan rings is 1. The molecular formula is C19H19ClN4O4S. The number of aryl methyl sites for hydroxylation is 1. The summed E-state index contributed by atoms with van der Waals surface area (Å²) in [6.45, 7) is 2.75. The van der Waals surface area contributed by atoms with Crippen molar-refractivity contribution in [2.45, 2.75) is 11.8 Å². The highest BCUT2D eigenvalue weighted by Gasteiger charge is 2.32. The van der Waals surface area contributed by atoms with E-state index in [0.29, 0.717) is 11.5 Å². The first kappa shape index (κ1) is 19.7. The molecule has 10 heteroatoms. The molecule has 1 saturated heterocycles. The number of amides is 1. The van der Waals surface area contributed by atoms with Crippen LogP contribution in [0.3, 0.4) is 0 Å². The maximum Gasteiger partial charge on any atom is 0.274 e. The van der Waals surface area contributed by atoms with Crippen molar-refractivity contribution in [3.63, 3.8) is 0 Å². The average molecular weight is 435 g/mol. The molecule has 1 aliphatic heterocycles. The molecular weight excluding hydrogens is 416 g/mol. The largest absolute Gasteiger partial charge is 0.460 e. The average Bonchev–Trinajstić information content (AvgIpc) is 3.37. The van der Waals surface area contributed by atoms with E-state index in [1.165, 1.54) is 10.4 Å². The van der Waals surface area contributed by atoms with Crippen LogP contribution in [0.2, 0.25) is 5.02 Å². The van der Waals surface area contributed by atoms with Crippen molar-refractivity contribution in [2.24, 2.45) is 0 Å². The lowest BCUT2D eigenvalue weighted by Crippen LogP contribution is -2.50. The van der Waals surface area contributed by atoms with Gasteiger partial charge in [0.2, 0.25) is 10.0 Å². The van der Waals surface area contributed by atoms with Crippen LogP contribution < -0.4 is 0 Å². The highest BCUT2D eigenvalue weighted by molar-refractivity contribution is 7.89. The van der Waals surface area contributed by atoms with Gasteiger partial charge in [0.1, 0.15) is 16.3 Å². The quantitative estimate of drug-likeness (QED) is 0.680. The Kier molecular flexibility index (Phi) is 5.20. The predicted molar refractivity (Wildman–Crippen MR) is 107 cm³/mol. The molecule has 0 bridgehead atoms. The van der Waals surface area contributed by atoms with Gasteiger partial charge >= 0.3 is 0 Å². The van der Waals surface area contributed by atoms with E-state index in [2.05, 4.69) is 10.2 Å². The topological polar surface area (TPSA) is 99.5 Å². The number of carbonyl (C=O) groups is 1. The van der Waals surface area contributed by atoms with Crippen molar-refractivity contribution in [2.75, 3.05) is 26.2 Å². The first-order valence-electron chi connectivity index (χ1n) is 9.02. The fourth-order valence-corrected chi connectivity index (χ4v) is 5.14. The van der Waals surface area contributed by atoms with Gasteiger partial charge in [-0.05, 0) is 31.2 Å². The van der Waals surface area contributed by atoms with Gasteiger partial charge in [-0.25, -0.2) is 8.42 Å². The van der Waals surface area contributed by atoms with Gasteiger partial charge < -0.3 is 9.32 Å².